The van der Waals surface area contributed by atoms with E-state index in [0.29, 0.717) is 24.7 Å². The van der Waals surface area contributed by atoms with Crippen molar-refractivity contribution in [3.63, 3.8) is 0 Å². The van der Waals surface area contributed by atoms with E-state index >= 15 is 13.2 Å². The van der Waals surface area contributed by atoms with Crippen molar-refractivity contribution < 1.29 is 57.9 Å². The van der Waals surface area contributed by atoms with Crippen LogP contribution in [0.1, 0.15) is 97.6 Å². The lowest BCUT2D eigenvalue weighted by atomic mass is 9.94. The number of sulfone groups is 1. The minimum absolute atomic E-state index is 0.0693. The Bertz CT molecular complexity index is 2440. The molecule has 3 aromatic carbocycles. The molecule has 352 valence electrons. The van der Waals surface area contributed by atoms with Crippen molar-refractivity contribution in [1.29, 1.82) is 0 Å². The maximum absolute atomic E-state index is 15.7. The Morgan fingerprint density at radius 2 is 1.35 bits per heavy atom. The maximum atomic E-state index is 15.7. The third-order valence-corrected chi connectivity index (χ3v) is 16.6. The van der Waals surface area contributed by atoms with Gasteiger partial charge in [0, 0.05) is 12.4 Å². The maximum Gasteiger partial charge on any atom is 0.426 e. The molecule has 1 N–H and O–H groups in total. The highest BCUT2D eigenvalue weighted by atomic mass is 32.2. The zero-order valence-electron chi connectivity index (χ0n) is 37.4. The van der Waals surface area contributed by atoms with Crippen molar-refractivity contribution in [2.45, 2.75) is 127 Å². The number of halogens is 6. The first-order valence-electron chi connectivity index (χ1n) is 20.9. The Morgan fingerprint density at radius 3 is 1.85 bits per heavy atom. The normalized spacial score (nSPS) is 14.4. The Hall–Kier alpha value is -5.11. The number of benzene rings is 3. The highest BCUT2D eigenvalue weighted by molar-refractivity contribution is 7.90. The molecule has 5 rings (SSSR count). The van der Waals surface area contributed by atoms with Gasteiger partial charge in [-0.3, -0.25) is 5.32 Å². The van der Waals surface area contributed by atoms with Crippen LogP contribution in [0.2, 0.25) is 5.04 Å². The molecule has 0 aliphatic carbocycles. The summed E-state index contributed by atoms with van der Waals surface area (Å²) < 4.78 is 139. The van der Waals surface area contributed by atoms with E-state index in [9.17, 15) is 26.4 Å². The van der Waals surface area contributed by atoms with Crippen LogP contribution >= 0.6 is 0 Å². The van der Waals surface area contributed by atoms with Gasteiger partial charge in [-0.05, 0) is 74.0 Å². The number of nitrogens with zero attached hydrogens (tertiary/aromatic N) is 3. The van der Waals surface area contributed by atoms with Crippen molar-refractivity contribution in [2.75, 3.05) is 11.6 Å². The van der Waals surface area contributed by atoms with Gasteiger partial charge in [-0.25, -0.2) is 18.2 Å². The SMILES string of the molecule is CC(CCCCC[C@@](OCc1ccccc1)(c1nnc(-c2nc(S(C)(=O)=O)c(C(F)(F)F)cc2NC(=O)OC(C)(C)C)o1)C(F)(F)F)O[Si](c1ccccc1)(c1ccccc1)C(C)(C)C. The number of carbonyl (C=O) groups excluding carboxylic acids is 1. The number of hydrogen-bond donors (Lipinski definition) is 1. The molecule has 0 radical (unpaired) electrons. The molecule has 2 atom stereocenters. The molecule has 0 fully saturated rings. The molecule has 0 bridgehead atoms. The number of aromatic nitrogens is 3. The van der Waals surface area contributed by atoms with Crippen molar-refractivity contribution in [3.05, 3.63) is 114 Å². The highest BCUT2D eigenvalue weighted by Gasteiger charge is 2.61. The van der Waals surface area contributed by atoms with Gasteiger partial charge in [-0.15, -0.1) is 10.2 Å². The smallest absolute Gasteiger partial charge is 0.426 e. The van der Waals surface area contributed by atoms with Crippen molar-refractivity contribution in [3.8, 4) is 11.6 Å². The molecule has 0 aliphatic rings. The van der Waals surface area contributed by atoms with E-state index < -0.39 is 94.6 Å². The molecule has 2 heterocycles. The molecule has 11 nitrogen and oxygen atoms in total. The Labute approximate surface area is 376 Å². The van der Waals surface area contributed by atoms with Gasteiger partial charge in [0.25, 0.3) is 20.1 Å². The summed E-state index contributed by atoms with van der Waals surface area (Å²) in [4.78, 5) is 16.5. The Morgan fingerprint density at radius 1 is 0.800 bits per heavy atom. The van der Waals surface area contributed by atoms with Crippen LogP contribution in [0.4, 0.5) is 36.8 Å². The lowest BCUT2D eigenvalue weighted by molar-refractivity contribution is -0.300. The zero-order chi connectivity index (χ0) is 48.1. The van der Waals surface area contributed by atoms with Crippen LogP contribution in [-0.2, 0) is 42.1 Å². The van der Waals surface area contributed by atoms with Crippen molar-refractivity contribution in [2.24, 2.45) is 0 Å². The summed E-state index contributed by atoms with van der Waals surface area (Å²) in [6, 6.07) is 28.4. The number of alkyl halides is 6. The summed E-state index contributed by atoms with van der Waals surface area (Å²) in [6.45, 7) is 12.3. The van der Waals surface area contributed by atoms with Crippen LogP contribution in [0.3, 0.4) is 0 Å². The fraction of sp³-hybridized carbons (Fsp3) is 0.435. The molecule has 0 saturated heterocycles. The van der Waals surface area contributed by atoms with E-state index in [-0.39, 0.29) is 30.1 Å². The molecular weight excluding hydrogens is 895 g/mol. The van der Waals surface area contributed by atoms with E-state index in [2.05, 4.69) is 65.5 Å². The van der Waals surface area contributed by atoms with Crippen LogP contribution in [0.15, 0.2) is 107 Å². The summed E-state index contributed by atoms with van der Waals surface area (Å²) in [5.41, 5.74) is -7.50. The second kappa shape index (κ2) is 19.8. The number of pyridine rings is 1. The molecule has 1 unspecified atom stereocenters. The van der Waals surface area contributed by atoms with Gasteiger partial charge in [0.05, 0.1) is 17.9 Å². The highest BCUT2D eigenvalue weighted by Crippen LogP contribution is 2.48. The van der Waals surface area contributed by atoms with Crippen LogP contribution in [0, 0.1) is 0 Å². The minimum Gasteiger partial charge on any atom is -0.444 e. The van der Waals surface area contributed by atoms with E-state index in [1.54, 1.807) is 30.3 Å². The van der Waals surface area contributed by atoms with Crippen LogP contribution in [0.25, 0.3) is 11.6 Å². The number of anilines is 1. The van der Waals surface area contributed by atoms with Gasteiger partial charge >= 0.3 is 18.4 Å². The quantitative estimate of drug-likeness (QED) is 0.0544. The molecule has 0 spiro atoms. The molecular formula is C46H54F6N4O7SSi. The third kappa shape index (κ3) is 12.2. The molecule has 0 saturated carbocycles. The van der Waals surface area contributed by atoms with Gasteiger partial charge in [-0.2, -0.15) is 26.3 Å². The van der Waals surface area contributed by atoms with Crippen LogP contribution < -0.4 is 15.7 Å². The Balaban J connectivity index is 1.49. The summed E-state index contributed by atoms with van der Waals surface area (Å²) in [5, 5.41) is 9.86. The van der Waals surface area contributed by atoms with E-state index in [1.165, 1.54) is 20.8 Å². The lowest BCUT2D eigenvalue weighted by Crippen LogP contribution is -2.67. The number of nitrogens with one attached hydrogen (secondary N) is 1. The monoisotopic (exact) mass is 948 g/mol. The fourth-order valence-electron chi connectivity index (χ4n) is 7.54. The molecule has 2 aromatic heterocycles. The summed E-state index contributed by atoms with van der Waals surface area (Å²) in [6.07, 6.45) is -11.2. The molecule has 1 amide bonds. The Kier molecular flexibility index (Phi) is 15.5. The van der Waals surface area contributed by atoms with Gasteiger partial charge in [0.2, 0.25) is 5.60 Å². The summed E-state index contributed by atoms with van der Waals surface area (Å²) in [7, 11) is -7.67. The number of amides is 1. The largest absolute Gasteiger partial charge is 0.444 e. The first kappa shape index (κ1) is 50.9. The number of hydrogen-bond acceptors (Lipinski definition) is 10. The standard InChI is InChI=1S/C46H54F6N4O7SSi/c1-31(63-65(43(5,6)7,33-24-16-10-17-25-33)34-26-18-11-19-27-34)21-13-12-20-28-44(46(50,51)52,60-30-32-22-14-9-15-23-32)40-56-55-38(61-40)37-36(53-41(57)62-42(2,3)4)29-35(45(47,48)49)39(54-37)64(8,58)59/h9-11,14-19,22-27,29,31H,12-13,20-21,28,30H2,1-8H3,(H,53,57)/t31?,44-/m1/s1. The molecule has 65 heavy (non-hydrogen) atoms. The first-order valence-corrected chi connectivity index (χ1v) is 24.7. The van der Waals surface area contributed by atoms with Gasteiger partial charge in [0.1, 0.15) is 5.60 Å². The summed E-state index contributed by atoms with van der Waals surface area (Å²) >= 11 is 0. The van der Waals surface area contributed by atoms with Gasteiger partial charge in [-0.1, -0.05) is 125 Å². The predicted molar refractivity (Wildman–Crippen MR) is 236 cm³/mol. The van der Waals surface area contributed by atoms with E-state index in [4.69, 9.17) is 18.3 Å². The van der Waals surface area contributed by atoms with Crippen LogP contribution in [0.5, 0.6) is 0 Å². The zero-order valence-corrected chi connectivity index (χ0v) is 39.2. The first-order chi connectivity index (χ1) is 30.2. The third-order valence-electron chi connectivity index (χ3n) is 10.5. The number of unbranched alkanes of at least 4 members (excludes halogenated alkanes) is 2. The second-order valence-electron chi connectivity index (χ2n) is 17.8. The van der Waals surface area contributed by atoms with E-state index in [0.717, 1.165) is 10.4 Å². The van der Waals surface area contributed by atoms with Gasteiger partial charge in [0.15, 0.2) is 20.6 Å². The molecule has 19 heteroatoms. The predicted octanol–water partition coefficient (Wildman–Crippen LogP) is 10.8. The van der Waals surface area contributed by atoms with Crippen molar-refractivity contribution in [1.82, 2.24) is 15.2 Å². The topological polar surface area (TPSA) is 143 Å². The van der Waals surface area contributed by atoms with Crippen molar-refractivity contribution >= 4 is 40.3 Å². The average molecular weight is 949 g/mol. The van der Waals surface area contributed by atoms with E-state index in [1.807, 2.05) is 43.3 Å². The summed E-state index contributed by atoms with van der Waals surface area (Å²) in [5.74, 6) is -2.05. The van der Waals surface area contributed by atoms with Crippen LogP contribution in [-0.4, -0.2) is 62.1 Å². The average Bonchev–Trinajstić information content (AvgIpc) is 3.70. The number of rotatable bonds is 17. The van der Waals surface area contributed by atoms with Gasteiger partial charge < -0.3 is 18.3 Å². The fourth-order valence-corrected chi connectivity index (χ4v) is 13.1. The lowest BCUT2D eigenvalue weighted by Gasteiger charge is -2.44. The second-order valence-corrected chi connectivity index (χ2v) is 24.0. The minimum atomic E-state index is -5.31. The molecule has 5 aromatic rings. The number of carbonyl (C=O) groups is 1. The molecule has 0 aliphatic heterocycles. The number of ether oxygens (including phenoxy) is 2.